The maximum Gasteiger partial charge on any atom is 0.224 e. The third kappa shape index (κ3) is 6.11. The van der Waals surface area contributed by atoms with E-state index in [2.05, 4.69) is 29.0 Å². The zero-order valence-corrected chi connectivity index (χ0v) is 18.5. The van der Waals surface area contributed by atoms with Crippen LogP contribution in [0.2, 0.25) is 0 Å². The van der Waals surface area contributed by atoms with Crippen LogP contribution in [0.5, 0.6) is 0 Å². The molecule has 2 aliphatic carbocycles. The number of fused-ring (bicyclic) bond motifs is 2. The highest BCUT2D eigenvalue weighted by Gasteiger charge is 2.48. The largest absolute Gasteiger partial charge is 0.355 e. The summed E-state index contributed by atoms with van der Waals surface area (Å²) in [5.41, 5.74) is 6.27. The second-order valence-corrected chi connectivity index (χ2v) is 8.02. The van der Waals surface area contributed by atoms with E-state index >= 15 is 0 Å². The number of rotatable bonds is 6. The first kappa shape index (κ1) is 26.2. The van der Waals surface area contributed by atoms with Crippen LogP contribution in [0.1, 0.15) is 33.1 Å². The molecule has 8 heteroatoms. The molecule has 5 nitrogen and oxygen atoms in total. The van der Waals surface area contributed by atoms with E-state index in [1.54, 1.807) is 0 Å². The number of carbonyl (C=O) groups is 1. The number of amides is 1. The van der Waals surface area contributed by atoms with Gasteiger partial charge in [0.1, 0.15) is 0 Å². The van der Waals surface area contributed by atoms with Crippen LogP contribution in [0, 0.1) is 23.7 Å². The monoisotopic (exact) mass is 430 g/mol. The number of nitrogens with two attached hydrogens (primary N) is 1. The Kier molecular flexibility index (Phi) is 12.0. The van der Waals surface area contributed by atoms with Crippen LogP contribution in [0.4, 0.5) is 0 Å². The van der Waals surface area contributed by atoms with Crippen LogP contribution in [-0.4, -0.2) is 67.6 Å². The van der Waals surface area contributed by atoms with Crippen LogP contribution in [0.25, 0.3) is 0 Å². The normalized spacial score (nSPS) is 32.1. The van der Waals surface area contributed by atoms with Gasteiger partial charge in [-0.25, -0.2) is 0 Å². The van der Waals surface area contributed by atoms with Gasteiger partial charge in [-0.15, -0.1) is 37.2 Å². The summed E-state index contributed by atoms with van der Waals surface area (Å²) >= 11 is 0. The molecular weight excluding hydrogens is 395 g/mol. The van der Waals surface area contributed by atoms with Gasteiger partial charge >= 0.3 is 0 Å². The topological polar surface area (TPSA) is 61.6 Å². The number of halogens is 3. The third-order valence-corrected chi connectivity index (χ3v) is 6.39. The van der Waals surface area contributed by atoms with Gasteiger partial charge in [0.15, 0.2) is 0 Å². The number of nitrogens with one attached hydrogen (secondary N) is 1. The molecule has 3 rings (SSSR count). The fourth-order valence-corrected chi connectivity index (χ4v) is 4.91. The molecule has 5 atom stereocenters. The highest BCUT2D eigenvalue weighted by Crippen LogP contribution is 2.47. The van der Waals surface area contributed by atoms with E-state index in [4.69, 9.17) is 5.73 Å². The highest BCUT2D eigenvalue weighted by atomic mass is 35.5. The lowest BCUT2D eigenvalue weighted by atomic mass is 9.84. The van der Waals surface area contributed by atoms with Crippen LogP contribution in [0.3, 0.4) is 0 Å². The van der Waals surface area contributed by atoms with Crippen molar-refractivity contribution in [3.63, 3.8) is 0 Å². The standard InChI is InChI=1S/C18H34N4O.3ClH/c1-3-21-6-8-22(9-7-21)12-13(2)11-20-18(23)16-14-4-5-15(10-14)17(16)19;;;/h13-17H,3-12,19H2,1-2H3,(H,20,23);3*1H. The lowest BCUT2D eigenvalue weighted by Gasteiger charge is -2.35. The van der Waals surface area contributed by atoms with Crippen molar-refractivity contribution in [2.45, 2.75) is 39.2 Å². The molecule has 26 heavy (non-hydrogen) atoms. The van der Waals surface area contributed by atoms with Crippen molar-refractivity contribution in [3.05, 3.63) is 0 Å². The number of nitrogens with zero attached hydrogens (tertiary/aromatic N) is 2. The average Bonchev–Trinajstić information content (AvgIpc) is 3.14. The number of likely N-dealkylation sites (N-methyl/N-ethyl adjacent to an activating group) is 1. The maximum atomic E-state index is 12.5. The van der Waals surface area contributed by atoms with Gasteiger partial charge in [-0.1, -0.05) is 13.8 Å². The number of hydrogen-bond acceptors (Lipinski definition) is 4. The Labute approximate surface area is 177 Å². The van der Waals surface area contributed by atoms with Crippen molar-refractivity contribution in [1.82, 2.24) is 15.1 Å². The van der Waals surface area contributed by atoms with Crippen molar-refractivity contribution in [1.29, 1.82) is 0 Å². The molecule has 0 aromatic carbocycles. The molecule has 1 aliphatic heterocycles. The van der Waals surface area contributed by atoms with Crippen LogP contribution in [0.15, 0.2) is 0 Å². The van der Waals surface area contributed by atoms with E-state index in [0.29, 0.717) is 17.8 Å². The Morgan fingerprint density at radius 2 is 1.65 bits per heavy atom. The minimum Gasteiger partial charge on any atom is -0.355 e. The smallest absolute Gasteiger partial charge is 0.224 e. The third-order valence-electron chi connectivity index (χ3n) is 6.39. The first-order valence-corrected chi connectivity index (χ1v) is 9.56. The highest BCUT2D eigenvalue weighted by molar-refractivity contribution is 5.86. The van der Waals surface area contributed by atoms with Crippen molar-refractivity contribution in [3.8, 4) is 0 Å². The average molecular weight is 432 g/mol. The van der Waals surface area contributed by atoms with Crippen molar-refractivity contribution in [2.24, 2.45) is 29.4 Å². The van der Waals surface area contributed by atoms with Gasteiger partial charge in [-0.05, 0) is 43.6 Å². The van der Waals surface area contributed by atoms with Gasteiger partial charge < -0.3 is 20.9 Å². The van der Waals surface area contributed by atoms with E-state index < -0.39 is 0 Å². The Bertz CT molecular complexity index is 419. The van der Waals surface area contributed by atoms with Gasteiger partial charge in [0.05, 0.1) is 5.92 Å². The van der Waals surface area contributed by atoms with Gasteiger partial charge in [-0.3, -0.25) is 4.79 Å². The fraction of sp³-hybridized carbons (Fsp3) is 0.944. The molecule has 1 heterocycles. The van der Waals surface area contributed by atoms with Gasteiger partial charge in [0, 0.05) is 45.3 Å². The van der Waals surface area contributed by atoms with Crippen molar-refractivity contribution in [2.75, 3.05) is 45.8 Å². The number of piperazine rings is 1. The molecule has 2 bridgehead atoms. The summed E-state index contributed by atoms with van der Waals surface area (Å²) in [5, 5.41) is 3.19. The van der Waals surface area contributed by atoms with Crippen LogP contribution >= 0.6 is 37.2 Å². The Morgan fingerprint density at radius 1 is 1.08 bits per heavy atom. The fourth-order valence-electron chi connectivity index (χ4n) is 4.91. The van der Waals surface area contributed by atoms with Crippen LogP contribution < -0.4 is 11.1 Å². The molecule has 2 saturated carbocycles. The van der Waals surface area contributed by atoms with E-state index in [1.807, 2.05) is 0 Å². The molecule has 5 unspecified atom stereocenters. The van der Waals surface area contributed by atoms with E-state index in [9.17, 15) is 4.79 Å². The lowest BCUT2D eigenvalue weighted by Crippen LogP contribution is -2.49. The number of hydrogen-bond donors (Lipinski definition) is 2. The van der Waals surface area contributed by atoms with Gasteiger partial charge in [0.2, 0.25) is 5.91 Å². The molecule has 0 radical (unpaired) electrons. The first-order valence-electron chi connectivity index (χ1n) is 9.56. The summed E-state index contributed by atoms with van der Waals surface area (Å²) in [6.45, 7) is 12.2. The summed E-state index contributed by atoms with van der Waals surface area (Å²) in [7, 11) is 0. The molecule has 0 aromatic rings. The summed E-state index contributed by atoms with van der Waals surface area (Å²) in [6, 6.07) is 0.103. The first-order chi connectivity index (χ1) is 11.1. The summed E-state index contributed by atoms with van der Waals surface area (Å²) in [6.07, 6.45) is 3.61. The molecular formula is C18H37Cl3N4O. The minimum absolute atomic E-state index is 0. The molecule has 3 aliphatic rings. The molecule has 1 saturated heterocycles. The molecule has 0 spiro atoms. The van der Waals surface area contributed by atoms with E-state index in [1.165, 1.54) is 32.4 Å². The van der Waals surface area contributed by atoms with Crippen LogP contribution in [-0.2, 0) is 4.79 Å². The lowest BCUT2D eigenvalue weighted by molar-refractivity contribution is -0.127. The maximum absolute atomic E-state index is 12.5. The molecule has 0 aromatic heterocycles. The van der Waals surface area contributed by atoms with E-state index in [0.717, 1.165) is 32.7 Å². The summed E-state index contributed by atoms with van der Waals surface area (Å²) < 4.78 is 0. The SMILES string of the molecule is CCN1CCN(CC(C)CNC(=O)C2C3CCC(C3)C2N)CC1.Cl.Cl.Cl. The molecule has 3 N–H and O–H groups in total. The number of carbonyl (C=O) groups excluding carboxylic acids is 1. The molecule has 156 valence electrons. The van der Waals surface area contributed by atoms with Crippen molar-refractivity contribution >= 4 is 43.1 Å². The second-order valence-electron chi connectivity index (χ2n) is 8.02. The predicted molar refractivity (Wildman–Crippen MR) is 115 cm³/mol. The Hall–Kier alpha value is 0.220. The second kappa shape index (κ2) is 11.9. The minimum atomic E-state index is 0. The Balaban J connectivity index is 0.00000208. The van der Waals surface area contributed by atoms with Crippen molar-refractivity contribution < 1.29 is 4.79 Å². The predicted octanol–water partition coefficient (Wildman–Crippen LogP) is 2.01. The molecule has 1 amide bonds. The summed E-state index contributed by atoms with van der Waals surface area (Å²) in [4.78, 5) is 17.5. The molecule has 3 fully saturated rings. The Morgan fingerprint density at radius 3 is 2.19 bits per heavy atom. The quantitative estimate of drug-likeness (QED) is 0.675. The van der Waals surface area contributed by atoms with Gasteiger partial charge in [-0.2, -0.15) is 0 Å². The van der Waals surface area contributed by atoms with E-state index in [-0.39, 0.29) is 55.1 Å². The zero-order valence-electron chi connectivity index (χ0n) is 16.1. The van der Waals surface area contributed by atoms with Gasteiger partial charge in [0.25, 0.3) is 0 Å². The zero-order chi connectivity index (χ0) is 16.4. The summed E-state index contributed by atoms with van der Waals surface area (Å²) in [5.74, 6) is 1.94.